The number of benzene rings is 3. The lowest BCUT2D eigenvalue weighted by Gasteiger charge is -2.20. The third-order valence-electron chi connectivity index (χ3n) is 6.11. The molecule has 1 N–H and O–H groups in total. The summed E-state index contributed by atoms with van der Waals surface area (Å²) >= 11 is 0. The molecule has 0 atom stereocenters. The molecule has 0 aliphatic carbocycles. The summed E-state index contributed by atoms with van der Waals surface area (Å²) in [6, 6.07) is 23.5. The Morgan fingerprint density at radius 3 is 2.41 bits per heavy atom. The molecule has 0 saturated heterocycles. The highest BCUT2D eigenvalue weighted by Crippen LogP contribution is 2.27. The first-order valence-electron chi connectivity index (χ1n) is 12.2. The molecule has 1 amide bonds. The highest BCUT2D eigenvalue weighted by molar-refractivity contribution is 5.80. The molecule has 5 rings (SSSR count). The van der Waals surface area contributed by atoms with Crippen LogP contribution in [0, 0.1) is 6.92 Å². The zero-order valence-corrected chi connectivity index (χ0v) is 21.4. The Balaban J connectivity index is 1.31. The molecule has 0 saturated carbocycles. The molecule has 9 nitrogen and oxygen atoms in total. The maximum absolute atomic E-state index is 12.8. The minimum Gasteiger partial charge on any atom is -0.497 e. The Morgan fingerprint density at radius 1 is 0.949 bits per heavy atom. The Morgan fingerprint density at radius 2 is 1.69 bits per heavy atom. The summed E-state index contributed by atoms with van der Waals surface area (Å²) in [6.45, 7) is 1.40. The number of nitrogens with zero attached hydrogens (tertiary/aromatic N) is 2. The number of hydrogen-bond donors (Lipinski definition) is 1. The van der Waals surface area contributed by atoms with Crippen LogP contribution >= 0.6 is 0 Å². The normalized spacial score (nSPS) is 10.9. The number of aliphatic carboxylic acids is 1. The topological polar surface area (TPSA) is 115 Å². The standard InChI is InChI=1S/C30H26N2O7/c1-19-26(31-29(37-19)21-6-4-3-5-7-21)16-25-15-22-14-20(8-13-27(22)38-25)17-32(18-28(33)34)30(35)39-24-11-9-23(36-2)10-12-24/h3-15H,16-18H2,1-2H3,(H,33,34). The van der Waals surface area contributed by atoms with Crippen molar-refractivity contribution in [2.75, 3.05) is 13.7 Å². The maximum atomic E-state index is 12.8. The average molecular weight is 527 g/mol. The molecule has 0 fully saturated rings. The molecule has 198 valence electrons. The van der Waals surface area contributed by atoms with Gasteiger partial charge in [0.15, 0.2) is 0 Å². The molecular formula is C30H26N2O7. The molecule has 39 heavy (non-hydrogen) atoms. The number of rotatable bonds is 9. The smallest absolute Gasteiger partial charge is 0.416 e. The number of hydrogen-bond acceptors (Lipinski definition) is 7. The number of aromatic nitrogens is 1. The van der Waals surface area contributed by atoms with Crippen LogP contribution in [0.15, 0.2) is 87.7 Å². The van der Waals surface area contributed by atoms with Gasteiger partial charge in [-0.15, -0.1) is 0 Å². The van der Waals surface area contributed by atoms with Gasteiger partial charge in [-0.2, -0.15) is 0 Å². The van der Waals surface area contributed by atoms with Gasteiger partial charge in [0.2, 0.25) is 5.89 Å². The number of ether oxygens (including phenoxy) is 2. The fourth-order valence-corrected chi connectivity index (χ4v) is 4.17. The molecule has 3 aromatic carbocycles. The number of carboxylic acid groups (broad SMARTS) is 1. The number of fused-ring (bicyclic) bond motifs is 1. The van der Waals surface area contributed by atoms with Crippen LogP contribution in [-0.2, 0) is 17.8 Å². The number of aryl methyl sites for hydroxylation is 1. The van der Waals surface area contributed by atoms with Crippen molar-refractivity contribution < 1.29 is 33.0 Å². The van der Waals surface area contributed by atoms with Crippen molar-refractivity contribution in [3.05, 3.63) is 102 Å². The minimum atomic E-state index is -1.15. The molecule has 0 aliphatic heterocycles. The number of amides is 1. The van der Waals surface area contributed by atoms with Crippen molar-refractivity contribution >= 4 is 23.0 Å². The molecule has 0 unspecified atom stereocenters. The van der Waals surface area contributed by atoms with Gasteiger partial charge >= 0.3 is 12.1 Å². The molecule has 2 aromatic heterocycles. The molecule has 5 aromatic rings. The van der Waals surface area contributed by atoms with Crippen molar-refractivity contribution in [2.45, 2.75) is 19.9 Å². The van der Waals surface area contributed by atoms with Gasteiger partial charge in [0, 0.05) is 17.5 Å². The lowest BCUT2D eigenvalue weighted by molar-refractivity contribution is -0.138. The first-order valence-corrected chi connectivity index (χ1v) is 12.2. The van der Waals surface area contributed by atoms with Crippen molar-refractivity contribution in [3.63, 3.8) is 0 Å². The van der Waals surface area contributed by atoms with E-state index in [9.17, 15) is 14.7 Å². The largest absolute Gasteiger partial charge is 0.497 e. The Labute approximate surface area is 224 Å². The number of oxazole rings is 1. The van der Waals surface area contributed by atoms with Gasteiger partial charge in [-0.3, -0.25) is 9.69 Å². The van der Waals surface area contributed by atoms with Crippen LogP contribution in [-0.4, -0.2) is 40.7 Å². The molecule has 2 heterocycles. The molecular weight excluding hydrogens is 500 g/mol. The van der Waals surface area contributed by atoms with E-state index in [1.165, 1.54) is 7.11 Å². The SMILES string of the molecule is COc1ccc(OC(=O)N(CC(=O)O)Cc2ccc3oc(Cc4nc(-c5ccccc5)oc4C)cc3c2)cc1. The van der Waals surface area contributed by atoms with E-state index in [2.05, 4.69) is 4.98 Å². The Hall–Kier alpha value is -5.05. The van der Waals surface area contributed by atoms with Crippen LogP contribution < -0.4 is 9.47 Å². The second kappa shape index (κ2) is 11.1. The monoisotopic (exact) mass is 526 g/mol. The van der Waals surface area contributed by atoms with Gasteiger partial charge in [0.1, 0.15) is 35.1 Å². The summed E-state index contributed by atoms with van der Waals surface area (Å²) in [5.41, 5.74) is 3.08. The van der Waals surface area contributed by atoms with Crippen molar-refractivity contribution in [1.82, 2.24) is 9.88 Å². The van der Waals surface area contributed by atoms with Crippen LogP contribution in [0.5, 0.6) is 11.5 Å². The number of furan rings is 1. The third-order valence-corrected chi connectivity index (χ3v) is 6.11. The van der Waals surface area contributed by atoms with E-state index in [1.807, 2.05) is 49.4 Å². The fraction of sp³-hybridized carbons (Fsp3) is 0.167. The van der Waals surface area contributed by atoms with E-state index in [-0.39, 0.29) is 12.3 Å². The van der Waals surface area contributed by atoms with Crippen LogP contribution in [0.4, 0.5) is 4.79 Å². The van der Waals surface area contributed by atoms with E-state index >= 15 is 0 Å². The second-order valence-electron chi connectivity index (χ2n) is 8.94. The maximum Gasteiger partial charge on any atom is 0.416 e. The van der Waals surface area contributed by atoms with Gasteiger partial charge in [-0.25, -0.2) is 9.78 Å². The van der Waals surface area contributed by atoms with E-state index in [4.69, 9.17) is 18.3 Å². The summed E-state index contributed by atoms with van der Waals surface area (Å²) in [6.07, 6.45) is -0.322. The lowest BCUT2D eigenvalue weighted by atomic mass is 10.1. The molecule has 0 radical (unpaired) electrons. The zero-order valence-electron chi connectivity index (χ0n) is 21.4. The summed E-state index contributed by atoms with van der Waals surface area (Å²) < 4.78 is 22.4. The van der Waals surface area contributed by atoms with Gasteiger partial charge < -0.3 is 23.4 Å². The summed E-state index contributed by atoms with van der Waals surface area (Å²) in [5.74, 6) is 1.73. The van der Waals surface area contributed by atoms with E-state index in [0.717, 1.165) is 32.9 Å². The van der Waals surface area contributed by atoms with E-state index in [0.29, 0.717) is 29.4 Å². The predicted octanol–water partition coefficient (Wildman–Crippen LogP) is 6.08. The van der Waals surface area contributed by atoms with Gasteiger partial charge in [0.05, 0.1) is 19.2 Å². The minimum absolute atomic E-state index is 0.0422. The van der Waals surface area contributed by atoms with Crippen molar-refractivity contribution in [2.24, 2.45) is 0 Å². The lowest BCUT2D eigenvalue weighted by Crippen LogP contribution is -2.37. The first-order chi connectivity index (χ1) is 18.9. The fourth-order valence-electron chi connectivity index (χ4n) is 4.17. The number of methoxy groups -OCH3 is 1. The third kappa shape index (κ3) is 6.10. The van der Waals surface area contributed by atoms with Crippen molar-refractivity contribution in [3.8, 4) is 23.0 Å². The molecule has 0 spiro atoms. The quantitative estimate of drug-likeness (QED) is 0.246. The van der Waals surface area contributed by atoms with E-state index < -0.39 is 18.6 Å². The van der Waals surface area contributed by atoms with Crippen LogP contribution in [0.25, 0.3) is 22.4 Å². The van der Waals surface area contributed by atoms with E-state index in [1.54, 1.807) is 36.4 Å². The highest BCUT2D eigenvalue weighted by atomic mass is 16.6. The number of carbonyl (C=O) groups is 2. The molecule has 9 heteroatoms. The van der Waals surface area contributed by atoms with Crippen LogP contribution in [0.2, 0.25) is 0 Å². The van der Waals surface area contributed by atoms with Gasteiger partial charge in [-0.1, -0.05) is 24.3 Å². The first kappa shape index (κ1) is 25.6. The summed E-state index contributed by atoms with van der Waals surface area (Å²) in [4.78, 5) is 30.0. The molecule has 0 bridgehead atoms. The van der Waals surface area contributed by atoms with Gasteiger partial charge in [0.25, 0.3) is 0 Å². The zero-order chi connectivity index (χ0) is 27.4. The highest BCUT2D eigenvalue weighted by Gasteiger charge is 2.20. The number of carboxylic acids is 1. The average Bonchev–Trinajstić information content (AvgIpc) is 3.51. The second-order valence-corrected chi connectivity index (χ2v) is 8.94. The van der Waals surface area contributed by atoms with Crippen LogP contribution in [0.1, 0.15) is 22.8 Å². The molecule has 0 aliphatic rings. The number of carbonyl (C=O) groups excluding carboxylic acids is 1. The van der Waals surface area contributed by atoms with Gasteiger partial charge in [-0.05, 0) is 67.1 Å². The Kier molecular flexibility index (Phi) is 7.31. The van der Waals surface area contributed by atoms with Crippen molar-refractivity contribution in [1.29, 1.82) is 0 Å². The predicted molar refractivity (Wildman–Crippen MR) is 143 cm³/mol. The summed E-state index contributed by atoms with van der Waals surface area (Å²) in [5, 5.41) is 10.2. The Bertz CT molecular complexity index is 1600. The summed E-state index contributed by atoms with van der Waals surface area (Å²) in [7, 11) is 1.53. The van der Waals surface area contributed by atoms with Crippen LogP contribution in [0.3, 0.4) is 0 Å².